The van der Waals surface area contributed by atoms with E-state index in [2.05, 4.69) is 25.9 Å². The van der Waals surface area contributed by atoms with Gasteiger partial charge in [-0.25, -0.2) is 5.84 Å². The number of hydrogen-bond donors (Lipinski definition) is 3. The molecule has 0 aliphatic carbocycles. The lowest BCUT2D eigenvalue weighted by atomic mass is 10.1. The first kappa shape index (κ1) is 13.9. The fourth-order valence-electron chi connectivity index (χ4n) is 1.74. The van der Waals surface area contributed by atoms with Crippen LogP contribution in [0.15, 0.2) is 30.5 Å². The van der Waals surface area contributed by atoms with Crippen molar-refractivity contribution < 1.29 is 4.79 Å². The zero-order valence-corrected chi connectivity index (χ0v) is 11.1. The van der Waals surface area contributed by atoms with E-state index < -0.39 is 0 Å². The SMILES string of the molecule is CCc1cccnc1CNC(=O)c1ccc(NN)nn1. The Hall–Kier alpha value is -2.54. The van der Waals surface area contributed by atoms with Crippen LogP contribution in [0, 0.1) is 0 Å². The summed E-state index contributed by atoms with van der Waals surface area (Å²) in [5, 5.41) is 10.3. The minimum Gasteiger partial charge on any atom is -0.345 e. The molecule has 0 aliphatic rings. The van der Waals surface area contributed by atoms with Crippen molar-refractivity contribution in [1.29, 1.82) is 0 Å². The molecule has 20 heavy (non-hydrogen) atoms. The zero-order valence-electron chi connectivity index (χ0n) is 11.1. The van der Waals surface area contributed by atoms with Crippen LogP contribution in [-0.2, 0) is 13.0 Å². The summed E-state index contributed by atoms with van der Waals surface area (Å²) in [5.74, 6) is 5.29. The summed E-state index contributed by atoms with van der Waals surface area (Å²) in [5.41, 5.74) is 4.56. The Labute approximate surface area is 116 Å². The standard InChI is InChI=1S/C13H16N6O/c1-2-9-4-3-7-15-11(9)8-16-13(20)10-5-6-12(17-14)19-18-10/h3-7H,2,8,14H2,1H3,(H,16,20)(H,17,19). The fourth-order valence-corrected chi connectivity index (χ4v) is 1.74. The molecule has 0 atom stereocenters. The number of aromatic nitrogens is 3. The molecule has 0 aliphatic heterocycles. The molecule has 0 fully saturated rings. The van der Waals surface area contributed by atoms with E-state index in [0.29, 0.717) is 12.4 Å². The van der Waals surface area contributed by atoms with Gasteiger partial charge in [0.1, 0.15) is 0 Å². The van der Waals surface area contributed by atoms with Gasteiger partial charge in [0.25, 0.3) is 5.91 Å². The van der Waals surface area contributed by atoms with Crippen LogP contribution in [0.1, 0.15) is 28.7 Å². The summed E-state index contributed by atoms with van der Waals surface area (Å²) in [6.07, 6.45) is 2.58. The Morgan fingerprint density at radius 3 is 2.80 bits per heavy atom. The van der Waals surface area contributed by atoms with Crippen molar-refractivity contribution >= 4 is 11.7 Å². The number of rotatable bonds is 5. The number of nitrogen functional groups attached to an aromatic ring is 1. The molecule has 2 aromatic heterocycles. The summed E-state index contributed by atoms with van der Waals surface area (Å²) in [6.45, 7) is 2.41. The first-order valence-electron chi connectivity index (χ1n) is 6.26. The van der Waals surface area contributed by atoms with Crippen LogP contribution in [0.5, 0.6) is 0 Å². The van der Waals surface area contributed by atoms with Gasteiger partial charge in [0.05, 0.1) is 12.2 Å². The Kier molecular flexibility index (Phi) is 4.56. The molecule has 4 N–H and O–H groups in total. The van der Waals surface area contributed by atoms with E-state index in [1.165, 1.54) is 0 Å². The molecule has 0 saturated heterocycles. The van der Waals surface area contributed by atoms with Gasteiger partial charge in [0.15, 0.2) is 11.5 Å². The first-order chi connectivity index (χ1) is 9.74. The smallest absolute Gasteiger partial charge is 0.272 e. The summed E-state index contributed by atoms with van der Waals surface area (Å²) >= 11 is 0. The van der Waals surface area contributed by atoms with Crippen molar-refractivity contribution in [3.8, 4) is 0 Å². The highest BCUT2D eigenvalue weighted by Gasteiger charge is 2.09. The topological polar surface area (TPSA) is 106 Å². The number of amides is 1. The van der Waals surface area contributed by atoms with Crippen LogP contribution in [0.3, 0.4) is 0 Å². The number of nitrogens with one attached hydrogen (secondary N) is 2. The molecule has 7 heteroatoms. The van der Waals surface area contributed by atoms with Gasteiger partial charge in [-0.3, -0.25) is 9.78 Å². The van der Waals surface area contributed by atoms with Crippen LogP contribution < -0.4 is 16.6 Å². The number of pyridine rings is 1. The van der Waals surface area contributed by atoms with Crippen LogP contribution in [0.4, 0.5) is 5.82 Å². The van der Waals surface area contributed by atoms with Crippen molar-refractivity contribution in [1.82, 2.24) is 20.5 Å². The maximum Gasteiger partial charge on any atom is 0.272 e. The molecule has 0 aromatic carbocycles. The molecule has 0 unspecified atom stereocenters. The predicted octanol–water partition coefficient (Wildman–Crippen LogP) is 0.650. The molecule has 1 amide bonds. The number of aryl methyl sites for hydroxylation is 1. The van der Waals surface area contributed by atoms with Crippen molar-refractivity contribution in [2.45, 2.75) is 19.9 Å². The van der Waals surface area contributed by atoms with Crippen LogP contribution in [-0.4, -0.2) is 21.1 Å². The molecular weight excluding hydrogens is 256 g/mol. The number of anilines is 1. The second-order valence-electron chi connectivity index (χ2n) is 4.09. The van der Waals surface area contributed by atoms with Gasteiger partial charge >= 0.3 is 0 Å². The first-order valence-corrected chi connectivity index (χ1v) is 6.26. The second kappa shape index (κ2) is 6.58. The maximum atomic E-state index is 11.9. The second-order valence-corrected chi connectivity index (χ2v) is 4.09. The summed E-state index contributed by atoms with van der Waals surface area (Å²) in [4.78, 5) is 16.2. The predicted molar refractivity (Wildman–Crippen MR) is 74.6 cm³/mol. The van der Waals surface area contributed by atoms with E-state index in [0.717, 1.165) is 17.7 Å². The molecule has 7 nitrogen and oxygen atoms in total. The maximum absolute atomic E-state index is 11.9. The highest BCUT2D eigenvalue weighted by Crippen LogP contribution is 2.06. The number of carbonyl (C=O) groups is 1. The number of hydrazine groups is 1. The van der Waals surface area contributed by atoms with E-state index in [-0.39, 0.29) is 11.6 Å². The number of hydrogen-bond acceptors (Lipinski definition) is 6. The monoisotopic (exact) mass is 272 g/mol. The van der Waals surface area contributed by atoms with E-state index in [1.54, 1.807) is 18.3 Å². The molecule has 0 radical (unpaired) electrons. The van der Waals surface area contributed by atoms with Crippen molar-refractivity contribution in [3.63, 3.8) is 0 Å². The van der Waals surface area contributed by atoms with Gasteiger partial charge in [-0.2, -0.15) is 0 Å². The van der Waals surface area contributed by atoms with E-state index >= 15 is 0 Å². The largest absolute Gasteiger partial charge is 0.345 e. The van der Waals surface area contributed by atoms with Gasteiger partial charge in [-0.05, 0) is 30.2 Å². The Morgan fingerprint density at radius 2 is 2.15 bits per heavy atom. The average Bonchev–Trinajstić information content (AvgIpc) is 2.53. The Morgan fingerprint density at radius 1 is 1.30 bits per heavy atom. The lowest BCUT2D eigenvalue weighted by Crippen LogP contribution is -2.25. The van der Waals surface area contributed by atoms with E-state index in [4.69, 9.17) is 5.84 Å². The molecule has 104 valence electrons. The van der Waals surface area contributed by atoms with Gasteiger partial charge in [0, 0.05) is 6.20 Å². The Bertz CT molecular complexity index is 584. The third kappa shape index (κ3) is 3.27. The zero-order chi connectivity index (χ0) is 14.4. The molecular formula is C13H16N6O. The summed E-state index contributed by atoms with van der Waals surface area (Å²) in [6, 6.07) is 7.01. The number of nitrogens with zero attached hydrogens (tertiary/aromatic N) is 3. The van der Waals surface area contributed by atoms with E-state index in [1.807, 2.05) is 19.1 Å². The van der Waals surface area contributed by atoms with Crippen molar-refractivity contribution in [3.05, 3.63) is 47.4 Å². The lowest BCUT2D eigenvalue weighted by molar-refractivity contribution is 0.0944. The van der Waals surface area contributed by atoms with Gasteiger partial charge in [-0.1, -0.05) is 13.0 Å². The average molecular weight is 272 g/mol. The highest BCUT2D eigenvalue weighted by molar-refractivity contribution is 5.92. The summed E-state index contributed by atoms with van der Waals surface area (Å²) < 4.78 is 0. The quantitative estimate of drug-likeness (QED) is 0.545. The van der Waals surface area contributed by atoms with Gasteiger partial charge < -0.3 is 10.7 Å². The third-order valence-electron chi connectivity index (χ3n) is 2.83. The van der Waals surface area contributed by atoms with Crippen molar-refractivity contribution in [2.75, 3.05) is 5.43 Å². The van der Waals surface area contributed by atoms with Crippen LogP contribution >= 0.6 is 0 Å². The fraction of sp³-hybridized carbons (Fsp3) is 0.231. The molecule has 2 heterocycles. The third-order valence-corrected chi connectivity index (χ3v) is 2.83. The molecule has 0 saturated carbocycles. The normalized spacial score (nSPS) is 10.1. The number of carbonyl (C=O) groups excluding carboxylic acids is 1. The molecule has 2 aromatic rings. The van der Waals surface area contributed by atoms with Gasteiger partial charge in [0.2, 0.25) is 0 Å². The molecule has 0 bridgehead atoms. The Balaban J connectivity index is 2.01. The van der Waals surface area contributed by atoms with Gasteiger partial charge in [-0.15, -0.1) is 10.2 Å². The van der Waals surface area contributed by atoms with Crippen molar-refractivity contribution in [2.24, 2.45) is 5.84 Å². The number of nitrogens with two attached hydrogens (primary N) is 1. The van der Waals surface area contributed by atoms with E-state index in [9.17, 15) is 4.79 Å². The molecule has 2 rings (SSSR count). The highest BCUT2D eigenvalue weighted by atomic mass is 16.1. The van der Waals surface area contributed by atoms with Crippen LogP contribution in [0.2, 0.25) is 0 Å². The summed E-state index contributed by atoms with van der Waals surface area (Å²) in [7, 11) is 0. The minimum atomic E-state index is -0.297. The minimum absolute atomic E-state index is 0.234. The lowest BCUT2D eigenvalue weighted by Gasteiger charge is -2.07. The molecule has 0 spiro atoms. The van der Waals surface area contributed by atoms with Crippen LogP contribution in [0.25, 0.3) is 0 Å².